The van der Waals surface area contributed by atoms with Crippen LogP contribution < -0.4 is 10.1 Å². The number of amides is 1. The molecule has 4 heteroatoms. The van der Waals surface area contributed by atoms with Crippen LogP contribution in [0.2, 0.25) is 0 Å². The molecule has 1 unspecified atom stereocenters. The monoisotopic (exact) mass is 251 g/mol. The topological polar surface area (TPSA) is 58.6 Å². The minimum absolute atomic E-state index is 0.0743. The summed E-state index contributed by atoms with van der Waals surface area (Å²) in [4.78, 5) is 11.8. The molecule has 0 radical (unpaired) electrons. The van der Waals surface area contributed by atoms with Crippen LogP contribution in [0.25, 0.3) is 0 Å². The normalized spacial score (nSPS) is 12.3. The van der Waals surface area contributed by atoms with E-state index in [1.807, 2.05) is 26.8 Å². The van der Waals surface area contributed by atoms with Crippen LogP contribution in [0, 0.1) is 0 Å². The van der Waals surface area contributed by atoms with Crippen LogP contribution in [-0.2, 0) is 0 Å². The maximum atomic E-state index is 11.8. The molecule has 0 bridgehead atoms. The summed E-state index contributed by atoms with van der Waals surface area (Å²) in [5.74, 6) is 0.477. The van der Waals surface area contributed by atoms with E-state index in [0.29, 0.717) is 17.7 Å². The highest BCUT2D eigenvalue weighted by Crippen LogP contribution is 2.14. The first-order chi connectivity index (χ1) is 8.52. The average Bonchev–Trinajstić information content (AvgIpc) is 2.35. The first-order valence-electron chi connectivity index (χ1n) is 6.26. The van der Waals surface area contributed by atoms with Crippen molar-refractivity contribution in [3.8, 4) is 5.75 Å². The summed E-state index contributed by atoms with van der Waals surface area (Å²) in [6.07, 6.45) is 0.200. The van der Waals surface area contributed by atoms with Crippen LogP contribution in [0.1, 0.15) is 37.6 Å². The van der Waals surface area contributed by atoms with Crippen molar-refractivity contribution < 1.29 is 14.6 Å². The highest BCUT2D eigenvalue weighted by atomic mass is 16.5. The lowest BCUT2D eigenvalue weighted by Crippen LogP contribution is -2.31. The minimum atomic E-state index is -0.496. The van der Waals surface area contributed by atoms with Crippen molar-refractivity contribution >= 4 is 5.91 Å². The number of benzene rings is 1. The number of hydrogen-bond acceptors (Lipinski definition) is 3. The quantitative estimate of drug-likeness (QED) is 0.812. The van der Waals surface area contributed by atoms with Gasteiger partial charge >= 0.3 is 0 Å². The molecule has 100 valence electrons. The zero-order valence-corrected chi connectivity index (χ0v) is 11.1. The van der Waals surface area contributed by atoms with Crippen LogP contribution in [0.4, 0.5) is 0 Å². The second-order valence-electron chi connectivity index (χ2n) is 4.47. The fraction of sp³-hybridized carbons (Fsp3) is 0.500. The third-order valence-electron chi connectivity index (χ3n) is 2.44. The largest absolute Gasteiger partial charge is 0.491 e. The molecule has 4 nitrogen and oxygen atoms in total. The Morgan fingerprint density at radius 2 is 2.17 bits per heavy atom. The Hall–Kier alpha value is -1.55. The molecule has 1 atom stereocenters. The Morgan fingerprint density at radius 1 is 1.44 bits per heavy atom. The Labute approximate surface area is 108 Å². The van der Waals surface area contributed by atoms with E-state index in [-0.39, 0.29) is 18.6 Å². The van der Waals surface area contributed by atoms with E-state index in [2.05, 4.69) is 5.32 Å². The van der Waals surface area contributed by atoms with Gasteiger partial charge in [-0.3, -0.25) is 4.79 Å². The highest BCUT2D eigenvalue weighted by Gasteiger charge is 2.09. The average molecular weight is 251 g/mol. The third-order valence-corrected chi connectivity index (χ3v) is 2.44. The Kier molecular flexibility index (Phi) is 5.65. The molecule has 0 saturated heterocycles. The summed E-state index contributed by atoms with van der Waals surface area (Å²) in [7, 11) is 0. The van der Waals surface area contributed by atoms with Gasteiger partial charge in [0.2, 0.25) is 0 Å². The lowest BCUT2D eigenvalue weighted by atomic mass is 10.2. The van der Waals surface area contributed by atoms with Gasteiger partial charge in [-0.25, -0.2) is 0 Å². The van der Waals surface area contributed by atoms with E-state index in [4.69, 9.17) is 4.74 Å². The van der Waals surface area contributed by atoms with Crippen molar-refractivity contribution in [3.63, 3.8) is 0 Å². The van der Waals surface area contributed by atoms with Crippen LogP contribution in [0.5, 0.6) is 5.75 Å². The standard InChI is InChI=1S/C14H21NO3/c1-4-12(16)9-15-14(17)11-6-5-7-13(8-11)18-10(2)3/h5-8,10,12,16H,4,9H2,1-3H3,(H,15,17). The summed E-state index contributed by atoms with van der Waals surface area (Å²) in [5.41, 5.74) is 0.538. The summed E-state index contributed by atoms with van der Waals surface area (Å²) >= 11 is 0. The molecule has 0 heterocycles. The predicted molar refractivity (Wildman–Crippen MR) is 70.8 cm³/mol. The van der Waals surface area contributed by atoms with E-state index in [9.17, 15) is 9.90 Å². The fourth-order valence-corrected chi connectivity index (χ4v) is 1.44. The molecule has 0 fully saturated rings. The smallest absolute Gasteiger partial charge is 0.251 e. The summed E-state index contributed by atoms with van der Waals surface area (Å²) in [6, 6.07) is 7.02. The molecule has 1 rings (SSSR count). The molecule has 0 aliphatic heterocycles. The molecule has 0 aliphatic rings. The molecule has 18 heavy (non-hydrogen) atoms. The molecule has 0 saturated carbocycles. The summed E-state index contributed by atoms with van der Waals surface area (Å²) in [6.45, 7) is 6.01. The van der Waals surface area contributed by atoms with Gasteiger partial charge in [0.1, 0.15) is 5.75 Å². The zero-order valence-electron chi connectivity index (χ0n) is 11.1. The Balaban J connectivity index is 2.62. The van der Waals surface area contributed by atoms with Gasteiger partial charge in [0.15, 0.2) is 0 Å². The minimum Gasteiger partial charge on any atom is -0.491 e. The molecule has 0 aromatic heterocycles. The van der Waals surface area contributed by atoms with Crippen molar-refractivity contribution in [3.05, 3.63) is 29.8 Å². The lowest BCUT2D eigenvalue weighted by molar-refractivity contribution is 0.0913. The summed E-state index contributed by atoms with van der Waals surface area (Å²) < 4.78 is 5.52. The van der Waals surface area contributed by atoms with Gasteiger partial charge in [-0.1, -0.05) is 13.0 Å². The molecule has 0 aliphatic carbocycles. The third kappa shape index (κ3) is 4.75. The number of aliphatic hydroxyl groups excluding tert-OH is 1. The molecule has 1 amide bonds. The molecule has 0 spiro atoms. The van der Waals surface area contributed by atoms with Crippen molar-refractivity contribution in [1.29, 1.82) is 0 Å². The van der Waals surface area contributed by atoms with E-state index in [0.717, 1.165) is 0 Å². The second-order valence-corrected chi connectivity index (χ2v) is 4.47. The zero-order chi connectivity index (χ0) is 13.5. The highest BCUT2D eigenvalue weighted by molar-refractivity contribution is 5.94. The van der Waals surface area contributed by atoms with Gasteiger partial charge < -0.3 is 15.2 Å². The number of carbonyl (C=O) groups is 1. The van der Waals surface area contributed by atoms with E-state index in [1.54, 1.807) is 18.2 Å². The van der Waals surface area contributed by atoms with Crippen molar-refractivity contribution in [1.82, 2.24) is 5.32 Å². The number of aliphatic hydroxyl groups is 1. The number of hydrogen-bond donors (Lipinski definition) is 2. The molecule has 1 aromatic carbocycles. The van der Waals surface area contributed by atoms with Gasteiger partial charge in [0, 0.05) is 12.1 Å². The van der Waals surface area contributed by atoms with E-state index < -0.39 is 6.10 Å². The summed E-state index contributed by atoms with van der Waals surface area (Å²) in [5, 5.41) is 12.1. The van der Waals surface area contributed by atoms with Gasteiger partial charge in [-0.15, -0.1) is 0 Å². The van der Waals surface area contributed by atoms with Crippen molar-refractivity contribution in [2.24, 2.45) is 0 Å². The van der Waals surface area contributed by atoms with Gasteiger partial charge in [0.25, 0.3) is 5.91 Å². The van der Waals surface area contributed by atoms with E-state index in [1.165, 1.54) is 0 Å². The Bertz CT molecular complexity index is 390. The molecular formula is C14H21NO3. The molecule has 2 N–H and O–H groups in total. The van der Waals surface area contributed by atoms with Crippen LogP contribution in [0.3, 0.4) is 0 Å². The van der Waals surface area contributed by atoms with Gasteiger partial charge in [0.05, 0.1) is 12.2 Å². The predicted octanol–water partition coefficient (Wildman–Crippen LogP) is 1.97. The van der Waals surface area contributed by atoms with Crippen LogP contribution in [-0.4, -0.2) is 29.8 Å². The van der Waals surface area contributed by atoms with Crippen LogP contribution >= 0.6 is 0 Å². The first kappa shape index (κ1) is 14.5. The Morgan fingerprint density at radius 3 is 2.78 bits per heavy atom. The maximum Gasteiger partial charge on any atom is 0.251 e. The molecular weight excluding hydrogens is 230 g/mol. The maximum absolute atomic E-state index is 11.8. The van der Waals surface area contributed by atoms with Crippen molar-refractivity contribution in [2.75, 3.05) is 6.54 Å². The number of ether oxygens (including phenoxy) is 1. The van der Waals surface area contributed by atoms with Gasteiger partial charge in [-0.2, -0.15) is 0 Å². The van der Waals surface area contributed by atoms with Gasteiger partial charge in [-0.05, 0) is 38.5 Å². The fourth-order valence-electron chi connectivity index (χ4n) is 1.44. The molecule has 1 aromatic rings. The number of nitrogens with one attached hydrogen (secondary N) is 1. The second kappa shape index (κ2) is 7.01. The van der Waals surface area contributed by atoms with Crippen molar-refractivity contribution in [2.45, 2.75) is 39.4 Å². The van der Waals surface area contributed by atoms with Crippen LogP contribution in [0.15, 0.2) is 24.3 Å². The SMILES string of the molecule is CCC(O)CNC(=O)c1cccc(OC(C)C)c1. The first-order valence-corrected chi connectivity index (χ1v) is 6.26. The number of rotatable bonds is 6. The van der Waals surface area contributed by atoms with E-state index >= 15 is 0 Å². The lowest BCUT2D eigenvalue weighted by Gasteiger charge is -2.12. The number of carbonyl (C=O) groups excluding carboxylic acids is 1.